The van der Waals surface area contributed by atoms with Gasteiger partial charge in [0.25, 0.3) is 0 Å². The summed E-state index contributed by atoms with van der Waals surface area (Å²) in [6, 6.07) is 10.4. The number of carbonyl (C=O) groups is 1. The van der Waals surface area contributed by atoms with E-state index < -0.39 is 0 Å². The van der Waals surface area contributed by atoms with Crippen LogP contribution >= 0.6 is 0 Å². The van der Waals surface area contributed by atoms with E-state index in [-0.39, 0.29) is 5.91 Å². The van der Waals surface area contributed by atoms with Gasteiger partial charge in [0, 0.05) is 20.0 Å². The van der Waals surface area contributed by atoms with Crippen LogP contribution in [-0.4, -0.2) is 30.9 Å². The van der Waals surface area contributed by atoms with Crippen molar-refractivity contribution in [2.75, 3.05) is 20.1 Å². The molecule has 0 aromatic heterocycles. The first-order valence-corrected chi connectivity index (χ1v) is 7.72. The van der Waals surface area contributed by atoms with Gasteiger partial charge in [0.05, 0.1) is 0 Å². The molecule has 3 heteroatoms. The fourth-order valence-electron chi connectivity index (χ4n) is 2.25. The lowest BCUT2D eigenvalue weighted by Crippen LogP contribution is -2.27. The quantitative estimate of drug-likeness (QED) is 0.668. The molecule has 0 aliphatic rings. The van der Waals surface area contributed by atoms with Crippen LogP contribution in [0.1, 0.15) is 44.1 Å². The van der Waals surface area contributed by atoms with Gasteiger partial charge in [-0.15, -0.1) is 0 Å². The second-order valence-corrected chi connectivity index (χ2v) is 5.36. The van der Waals surface area contributed by atoms with Gasteiger partial charge in [-0.25, -0.2) is 0 Å². The maximum Gasteiger partial charge on any atom is 0.222 e. The zero-order chi connectivity index (χ0) is 14.6. The van der Waals surface area contributed by atoms with Crippen molar-refractivity contribution in [1.82, 2.24) is 4.90 Å². The molecule has 0 saturated heterocycles. The Balaban J connectivity index is 2.09. The van der Waals surface area contributed by atoms with Gasteiger partial charge in [-0.05, 0) is 37.8 Å². The lowest BCUT2D eigenvalue weighted by molar-refractivity contribution is -0.130. The Morgan fingerprint density at radius 3 is 2.45 bits per heavy atom. The first-order chi connectivity index (χ1) is 9.74. The van der Waals surface area contributed by atoms with Crippen molar-refractivity contribution in [3.05, 3.63) is 35.9 Å². The number of amides is 1. The summed E-state index contributed by atoms with van der Waals surface area (Å²) >= 11 is 0. The number of unbranched alkanes of at least 4 members (excludes halogenated alkanes) is 3. The van der Waals surface area contributed by atoms with Crippen molar-refractivity contribution in [3.8, 4) is 0 Å². The zero-order valence-corrected chi connectivity index (χ0v) is 12.7. The third-order valence-electron chi connectivity index (χ3n) is 3.57. The van der Waals surface area contributed by atoms with E-state index in [1.54, 1.807) is 0 Å². The lowest BCUT2D eigenvalue weighted by atomic mass is 10.1. The molecule has 0 unspecified atom stereocenters. The maximum absolute atomic E-state index is 11.9. The average molecular weight is 276 g/mol. The van der Waals surface area contributed by atoms with Crippen molar-refractivity contribution in [3.63, 3.8) is 0 Å². The first kappa shape index (κ1) is 16.7. The van der Waals surface area contributed by atoms with Gasteiger partial charge < -0.3 is 10.6 Å². The molecule has 0 spiro atoms. The standard InChI is InChI=1S/C17H28N2O/c1-19(17(20)13-7-2-3-8-14-18)15-9-12-16-10-5-4-6-11-16/h4-6,10-11H,2-3,7-9,12-15,18H2,1H3. The zero-order valence-electron chi connectivity index (χ0n) is 12.7. The van der Waals surface area contributed by atoms with Gasteiger partial charge in [0.1, 0.15) is 0 Å². The van der Waals surface area contributed by atoms with E-state index in [1.165, 1.54) is 5.56 Å². The molecule has 0 atom stereocenters. The summed E-state index contributed by atoms with van der Waals surface area (Å²) in [6.07, 6.45) is 7.05. The molecule has 1 rings (SSSR count). The minimum atomic E-state index is 0.269. The SMILES string of the molecule is CN(CCCc1ccccc1)C(=O)CCCCCCN. The number of nitrogens with zero attached hydrogens (tertiary/aromatic N) is 1. The fraction of sp³-hybridized carbons (Fsp3) is 0.588. The molecule has 0 radical (unpaired) electrons. The highest BCUT2D eigenvalue weighted by molar-refractivity contribution is 5.75. The van der Waals surface area contributed by atoms with E-state index in [9.17, 15) is 4.79 Å². The van der Waals surface area contributed by atoms with Crippen LogP contribution in [0.2, 0.25) is 0 Å². The van der Waals surface area contributed by atoms with Crippen LogP contribution < -0.4 is 5.73 Å². The second kappa shape index (κ2) is 10.4. The second-order valence-electron chi connectivity index (χ2n) is 5.36. The fourth-order valence-corrected chi connectivity index (χ4v) is 2.25. The Hall–Kier alpha value is -1.35. The molecule has 0 bridgehead atoms. The normalized spacial score (nSPS) is 10.5. The summed E-state index contributed by atoms with van der Waals surface area (Å²) in [7, 11) is 1.91. The summed E-state index contributed by atoms with van der Waals surface area (Å²) in [6.45, 7) is 1.60. The van der Waals surface area contributed by atoms with E-state index >= 15 is 0 Å². The molecule has 0 aliphatic heterocycles. The number of rotatable bonds is 10. The van der Waals surface area contributed by atoms with Crippen molar-refractivity contribution >= 4 is 5.91 Å². The summed E-state index contributed by atoms with van der Waals surface area (Å²) in [5.74, 6) is 0.269. The Morgan fingerprint density at radius 2 is 1.75 bits per heavy atom. The van der Waals surface area contributed by atoms with Crippen LogP contribution in [0.3, 0.4) is 0 Å². The van der Waals surface area contributed by atoms with E-state index in [0.717, 1.165) is 51.6 Å². The molecule has 112 valence electrons. The van der Waals surface area contributed by atoms with Gasteiger partial charge in [-0.1, -0.05) is 43.2 Å². The van der Waals surface area contributed by atoms with Crippen LogP contribution in [0.4, 0.5) is 0 Å². The van der Waals surface area contributed by atoms with Crippen molar-refractivity contribution < 1.29 is 4.79 Å². The molecule has 1 aromatic rings. The van der Waals surface area contributed by atoms with Gasteiger partial charge in [0.2, 0.25) is 5.91 Å². The van der Waals surface area contributed by atoms with E-state index in [2.05, 4.69) is 24.3 Å². The molecular formula is C17H28N2O. The van der Waals surface area contributed by atoms with Crippen molar-refractivity contribution in [1.29, 1.82) is 0 Å². The predicted molar refractivity (Wildman–Crippen MR) is 84.5 cm³/mol. The largest absolute Gasteiger partial charge is 0.346 e. The minimum Gasteiger partial charge on any atom is -0.346 e. The van der Waals surface area contributed by atoms with Gasteiger partial charge in [0.15, 0.2) is 0 Å². The predicted octanol–water partition coefficient (Wildman–Crippen LogP) is 2.99. The van der Waals surface area contributed by atoms with E-state index in [1.807, 2.05) is 18.0 Å². The summed E-state index contributed by atoms with van der Waals surface area (Å²) in [4.78, 5) is 13.8. The number of aryl methyl sites for hydroxylation is 1. The summed E-state index contributed by atoms with van der Waals surface area (Å²) < 4.78 is 0. The number of nitrogens with two attached hydrogens (primary N) is 1. The van der Waals surface area contributed by atoms with Crippen molar-refractivity contribution in [2.24, 2.45) is 5.73 Å². The Labute approximate surface area is 123 Å². The molecule has 1 aromatic carbocycles. The van der Waals surface area contributed by atoms with Crippen LogP contribution in [0.25, 0.3) is 0 Å². The molecular weight excluding hydrogens is 248 g/mol. The monoisotopic (exact) mass is 276 g/mol. The molecule has 0 heterocycles. The molecule has 3 nitrogen and oxygen atoms in total. The Morgan fingerprint density at radius 1 is 1.05 bits per heavy atom. The maximum atomic E-state index is 11.9. The molecule has 20 heavy (non-hydrogen) atoms. The number of benzene rings is 1. The van der Waals surface area contributed by atoms with Crippen LogP contribution in [0.15, 0.2) is 30.3 Å². The lowest BCUT2D eigenvalue weighted by Gasteiger charge is -2.17. The third kappa shape index (κ3) is 7.29. The highest BCUT2D eigenvalue weighted by atomic mass is 16.2. The van der Waals surface area contributed by atoms with Crippen LogP contribution in [0, 0.1) is 0 Å². The van der Waals surface area contributed by atoms with Crippen LogP contribution in [-0.2, 0) is 11.2 Å². The first-order valence-electron chi connectivity index (χ1n) is 7.72. The molecule has 2 N–H and O–H groups in total. The number of carbonyl (C=O) groups excluding carboxylic acids is 1. The molecule has 0 aliphatic carbocycles. The topological polar surface area (TPSA) is 46.3 Å². The van der Waals surface area contributed by atoms with Gasteiger partial charge in [-0.2, -0.15) is 0 Å². The van der Waals surface area contributed by atoms with Crippen LogP contribution in [0.5, 0.6) is 0 Å². The van der Waals surface area contributed by atoms with E-state index in [0.29, 0.717) is 6.42 Å². The van der Waals surface area contributed by atoms with E-state index in [4.69, 9.17) is 5.73 Å². The number of hydrogen-bond donors (Lipinski definition) is 1. The highest BCUT2D eigenvalue weighted by Crippen LogP contribution is 2.06. The number of hydrogen-bond acceptors (Lipinski definition) is 2. The van der Waals surface area contributed by atoms with Gasteiger partial charge >= 0.3 is 0 Å². The molecule has 1 amide bonds. The summed E-state index contributed by atoms with van der Waals surface area (Å²) in [5, 5.41) is 0. The summed E-state index contributed by atoms with van der Waals surface area (Å²) in [5.41, 5.74) is 6.79. The minimum absolute atomic E-state index is 0.269. The van der Waals surface area contributed by atoms with Gasteiger partial charge in [-0.3, -0.25) is 4.79 Å². The molecule has 0 fully saturated rings. The highest BCUT2D eigenvalue weighted by Gasteiger charge is 2.07. The smallest absolute Gasteiger partial charge is 0.222 e. The Bertz CT molecular complexity index is 365. The molecule has 0 saturated carbocycles. The third-order valence-corrected chi connectivity index (χ3v) is 3.57. The average Bonchev–Trinajstić information content (AvgIpc) is 2.47. The van der Waals surface area contributed by atoms with Crippen molar-refractivity contribution in [2.45, 2.75) is 44.9 Å². The Kier molecular flexibility index (Phi) is 8.72.